The molecule has 0 saturated heterocycles. The Morgan fingerprint density at radius 3 is 1.64 bits per heavy atom. The molecule has 0 heteroatoms. The van der Waals surface area contributed by atoms with E-state index in [9.17, 15) is 0 Å². The van der Waals surface area contributed by atoms with Gasteiger partial charge in [-0.1, -0.05) is 24.7 Å². The molecule has 0 aliphatic heterocycles. The van der Waals surface area contributed by atoms with Crippen LogP contribution in [0, 0.1) is 35.5 Å². The highest BCUT2D eigenvalue weighted by Crippen LogP contribution is 2.26. The van der Waals surface area contributed by atoms with Crippen molar-refractivity contribution in [1.82, 2.24) is 0 Å². The second-order valence-electron chi connectivity index (χ2n) is 4.35. The lowest BCUT2D eigenvalue weighted by molar-refractivity contribution is 0.426. The van der Waals surface area contributed by atoms with Crippen molar-refractivity contribution in [2.24, 2.45) is 11.8 Å². The normalized spacial score (nSPS) is 31.4. The fraction of sp³-hybridized carbons (Fsp3) is 0.714. The minimum absolute atomic E-state index is 0.586. The quantitative estimate of drug-likeness (QED) is 0.551. The summed E-state index contributed by atoms with van der Waals surface area (Å²) in [6, 6.07) is 0. The molecule has 0 nitrogen and oxygen atoms in total. The Hall–Kier alpha value is -0.880. The zero-order chi connectivity index (χ0) is 9.64. The number of hydrogen-bond donors (Lipinski definition) is 0. The van der Waals surface area contributed by atoms with Gasteiger partial charge in [-0.25, -0.2) is 0 Å². The molecule has 2 aliphatic rings. The predicted octanol–water partition coefficient (Wildman–Crippen LogP) is 3.37. The van der Waals surface area contributed by atoms with Gasteiger partial charge in [-0.15, -0.1) is 11.8 Å². The average Bonchev–Trinajstić information content (AvgIpc) is 2.62. The zero-order valence-corrected chi connectivity index (χ0v) is 8.81. The third-order valence-corrected chi connectivity index (χ3v) is 3.19. The fourth-order valence-corrected chi connectivity index (χ4v) is 2.31. The molecular weight excluding hydrogens is 168 g/mol. The van der Waals surface area contributed by atoms with Crippen LogP contribution in [0.4, 0.5) is 0 Å². The minimum atomic E-state index is 0.586. The molecule has 74 valence electrons. The van der Waals surface area contributed by atoms with Crippen molar-refractivity contribution >= 4 is 0 Å². The zero-order valence-electron chi connectivity index (χ0n) is 8.81. The molecule has 0 spiro atoms. The van der Waals surface area contributed by atoms with Crippen LogP contribution in [0.1, 0.15) is 51.4 Å². The SMILES string of the molecule is C1#CC(C2C#CCCCC2)CCCC1. The van der Waals surface area contributed by atoms with Gasteiger partial charge in [-0.3, -0.25) is 0 Å². The van der Waals surface area contributed by atoms with Gasteiger partial charge < -0.3 is 0 Å². The standard InChI is InChI=1S/C14H18/c1-2-6-10-13(9-5-1)14-11-7-3-4-8-12-14/h13-14H,1-5,7,9,11H2. The molecule has 2 aliphatic carbocycles. The maximum absolute atomic E-state index is 3.43. The van der Waals surface area contributed by atoms with Crippen molar-refractivity contribution in [1.29, 1.82) is 0 Å². The highest BCUT2D eigenvalue weighted by molar-refractivity contribution is 5.15. The van der Waals surface area contributed by atoms with Crippen molar-refractivity contribution in [3.05, 3.63) is 0 Å². The third-order valence-electron chi connectivity index (χ3n) is 3.19. The van der Waals surface area contributed by atoms with Crippen LogP contribution < -0.4 is 0 Å². The van der Waals surface area contributed by atoms with E-state index < -0.39 is 0 Å². The summed E-state index contributed by atoms with van der Waals surface area (Å²) in [6.45, 7) is 0. The first-order chi connectivity index (χ1) is 6.97. The van der Waals surface area contributed by atoms with E-state index in [2.05, 4.69) is 23.7 Å². The number of hydrogen-bond acceptors (Lipinski definition) is 0. The highest BCUT2D eigenvalue weighted by Gasteiger charge is 2.18. The van der Waals surface area contributed by atoms with E-state index in [0.29, 0.717) is 11.8 Å². The van der Waals surface area contributed by atoms with Crippen LogP contribution in [-0.4, -0.2) is 0 Å². The van der Waals surface area contributed by atoms with Gasteiger partial charge in [0.25, 0.3) is 0 Å². The Morgan fingerprint density at radius 2 is 1.14 bits per heavy atom. The van der Waals surface area contributed by atoms with Crippen LogP contribution in [0.15, 0.2) is 0 Å². The maximum Gasteiger partial charge on any atom is 0.0340 e. The Balaban J connectivity index is 2.01. The van der Waals surface area contributed by atoms with Crippen LogP contribution >= 0.6 is 0 Å². The lowest BCUT2D eigenvalue weighted by atomic mass is 9.86. The Bertz CT molecular complexity index is 259. The Labute approximate surface area is 87.5 Å². The molecule has 0 N–H and O–H groups in total. The molecular formula is C14H18. The first-order valence-corrected chi connectivity index (χ1v) is 5.93. The van der Waals surface area contributed by atoms with E-state index in [4.69, 9.17) is 0 Å². The van der Waals surface area contributed by atoms with E-state index in [1.54, 1.807) is 0 Å². The summed E-state index contributed by atoms with van der Waals surface area (Å²) in [5.41, 5.74) is 0. The van der Waals surface area contributed by atoms with Crippen molar-refractivity contribution in [3.63, 3.8) is 0 Å². The largest absolute Gasteiger partial charge is 0.103 e. The van der Waals surface area contributed by atoms with Gasteiger partial charge in [0.1, 0.15) is 0 Å². The summed E-state index contributed by atoms with van der Waals surface area (Å²) in [6.07, 6.45) is 10.0. The Morgan fingerprint density at radius 1 is 0.643 bits per heavy atom. The molecule has 0 amide bonds. The lowest BCUT2D eigenvalue weighted by Crippen LogP contribution is -2.10. The molecule has 0 saturated carbocycles. The maximum atomic E-state index is 3.43. The van der Waals surface area contributed by atoms with Crippen LogP contribution in [0.2, 0.25) is 0 Å². The topological polar surface area (TPSA) is 0 Å². The molecule has 0 heterocycles. The lowest BCUT2D eigenvalue weighted by Gasteiger charge is -2.16. The predicted molar refractivity (Wildman–Crippen MR) is 59.5 cm³/mol. The summed E-state index contributed by atoms with van der Waals surface area (Å²) in [4.78, 5) is 0. The third kappa shape index (κ3) is 2.55. The summed E-state index contributed by atoms with van der Waals surface area (Å²) in [7, 11) is 0. The van der Waals surface area contributed by atoms with Gasteiger partial charge in [0.2, 0.25) is 0 Å². The molecule has 0 aromatic rings. The van der Waals surface area contributed by atoms with E-state index in [0.717, 1.165) is 12.8 Å². The molecule has 0 radical (unpaired) electrons. The second-order valence-corrected chi connectivity index (χ2v) is 4.35. The van der Waals surface area contributed by atoms with Crippen LogP contribution in [0.3, 0.4) is 0 Å². The van der Waals surface area contributed by atoms with E-state index in [-0.39, 0.29) is 0 Å². The molecule has 0 aromatic carbocycles. The van der Waals surface area contributed by atoms with Crippen LogP contribution in [-0.2, 0) is 0 Å². The minimum Gasteiger partial charge on any atom is -0.103 e. The van der Waals surface area contributed by atoms with Crippen molar-refractivity contribution in [2.45, 2.75) is 51.4 Å². The summed E-state index contributed by atoms with van der Waals surface area (Å²) < 4.78 is 0. The van der Waals surface area contributed by atoms with Crippen molar-refractivity contribution < 1.29 is 0 Å². The van der Waals surface area contributed by atoms with Gasteiger partial charge in [0.15, 0.2) is 0 Å². The molecule has 0 fully saturated rings. The summed E-state index contributed by atoms with van der Waals surface area (Å²) >= 11 is 0. The van der Waals surface area contributed by atoms with E-state index in [1.165, 1.54) is 38.5 Å². The van der Waals surface area contributed by atoms with E-state index in [1.807, 2.05) is 0 Å². The van der Waals surface area contributed by atoms with Gasteiger partial charge >= 0.3 is 0 Å². The smallest absolute Gasteiger partial charge is 0.0340 e. The fourth-order valence-electron chi connectivity index (χ4n) is 2.31. The molecule has 0 aromatic heterocycles. The second kappa shape index (κ2) is 5.11. The monoisotopic (exact) mass is 186 g/mol. The van der Waals surface area contributed by atoms with Gasteiger partial charge in [0.05, 0.1) is 0 Å². The molecule has 14 heavy (non-hydrogen) atoms. The van der Waals surface area contributed by atoms with E-state index >= 15 is 0 Å². The molecule has 2 rings (SSSR count). The van der Waals surface area contributed by atoms with Crippen LogP contribution in [0.25, 0.3) is 0 Å². The summed E-state index contributed by atoms with van der Waals surface area (Å²) in [5, 5.41) is 0. The summed E-state index contributed by atoms with van der Waals surface area (Å²) in [5.74, 6) is 14.6. The molecule has 2 atom stereocenters. The highest BCUT2D eigenvalue weighted by atomic mass is 14.2. The first kappa shape index (κ1) is 9.67. The van der Waals surface area contributed by atoms with Gasteiger partial charge in [0, 0.05) is 24.7 Å². The molecule has 2 unspecified atom stereocenters. The van der Waals surface area contributed by atoms with Crippen LogP contribution in [0.5, 0.6) is 0 Å². The van der Waals surface area contributed by atoms with Gasteiger partial charge in [-0.2, -0.15) is 0 Å². The first-order valence-electron chi connectivity index (χ1n) is 5.93. The average molecular weight is 186 g/mol. The Kier molecular flexibility index (Phi) is 3.53. The number of rotatable bonds is 1. The van der Waals surface area contributed by atoms with Crippen molar-refractivity contribution in [2.75, 3.05) is 0 Å². The van der Waals surface area contributed by atoms with Crippen molar-refractivity contribution in [3.8, 4) is 23.7 Å². The molecule has 0 bridgehead atoms. The van der Waals surface area contributed by atoms with Gasteiger partial charge in [-0.05, 0) is 25.7 Å².